The van der Waals surface area contributed by atoms with Gasteiger partial charge in [-0.05, 0) is 67.8 Å². The van der Waals surface area contributed by atoms with Gasteiger partial charge in [0.25, 0.3) is 5.91 Å². The molecule has 1 aliphatic rings. The third-order valence-electron chi connectivity index (χ3n) is 5.02. The van der Waals surface area contributed by atoms with Crippen molar-refractivity contribution in [1.82, 2.24) is 10.2 Å². The molecular formula is C22H26FN3O3. The number of nitrogens with one attached hydrogen (secondary N) is 1. The third kappa shape index (κ3) is 6.02. The van der Waals surface area contributed by atoms with Gasteiger partial charge in [-0.1, -0.05) is 12.1 Å². The summed E-state index contributed by atoms with van der Waals surface area (Å²) in [6, 6.07) is 11.7. The summed E-state index contributed by atoms with van der Waals surface area (Å²) < 4.78 is 19.2. The zero-order valence-corrected chi connectivity index (χ0v) is 16.5. The number of carbonyl (C=O) groups excluding carboxylic acids is 2. The number of hydrogen-bond donors (Lipinski definition) is 2. The summed E-state index contributed by atoms with van der Waals surface area (Å²) in [5.41, 5.74) is 7.16. The SMILES string of the molecule is Cc1ccc(CN2CCCC(NC(=O)COc3ccc(C(N)=O)cc3)C2)cc1F. The van der Waals surface area contributed by atoms with Gasteiger partial charge >= 0.3 is 0 Å². The Kier molecular flexibility index (Phi) is 6.82. The molecule has 0 aromatic heterocycles. The highest BCUT2D eigenvalue weighted by molar-refractivity contribution is 5.92. The number of amides is 2. The minimum Gasteiger partial charge on any atom is -0.484 e. The summed E-state index contributed by atoms with van der Waals surface area (Å²) in [4.78, 5) is 25.5. The highest BCUT2D eigenvalue weighted by atomic mass is 19.1. The van der Waals surface area contributed by atoms with Gasteiger partial charge in [0.05, 0.1) is 0 Å². The van der Waals surface area contributed by atoms with Crippen LogP contribution in [0.25, 0.3) is 0 Å². The second kappa shape index (κ2) is 9.52. The minimum atomic E-state index is -0.510. The molecule has 1 saturated heterocycles. The van der Waals surface area contributed by atoms with Crippen LogP contribution in [0.15, 0.2) is 42.5 Å². The molecule has 1 heterocycles. The molecule has 1 unspecified atom stereocenters. The molecule has 0 spiro atoms. The number of aryl methyl sites for hydroxylation is 1. The standard InChI is InChI=1S/C22H26FN3O3/c1-15-4-5-16(11-20(15)23)12-26-10-2-3-18(13-26)25-21(27)14-29-19-8-6-17(7-9-19)22(24)28/h4-9,11,18H,2-3,10,12-14H2,1H3,(H2,24,28)(H,25,27). The lowest BCUT2D eigenvalue weighted by molar-refractivity contribution is -0.124. The Balaban J connectivity index is 1.46. The van der Waals surface area contributed by atoms with Gasteiger partial charge in [-0.2, -0.15) is 0 Å². The molecule has 0 radical (unpaired) electrons. The summed E-state index contributed by atoms with van der Waals surface area (Å²) in [6.45, 7) is 3.95. The van der Waals surface area contributed by atoms with E-state index in [-0.39, 0.29) is 24.4 Å². The van der Waals surface area contributed by atoms with E-state index in [1.807, 2.05) is 6.07 Å². The Morgan fingerprint density at radius 1 is 1.24 bits per heavy atom. The Bertz CT molecular complexity index is 870. The van der Waals surface area contributed by atoms with Crippen molar-refractivity contribution < 1.29 is 18.7 Å². The van der Waals surface area contributed by atoms with Gasteiger partial charge in [-0.15, -0.1) is 0 Å². The van der Waals surface area contributed by atoms with E-state index in [4.69, 9.17) is 10.5 Å². The number of rotatable bonds is 7. The number of piperidine rings is 1. The first kappa shape index (κ1) is 20.8. The molecule has 0 aliphatic carbocycles. The highest BCUT2D eigenvalue weighted by Gasteiger charge is 2.21. The van der Waals surface area contributed by atoms with Crippen molar-refractivity contribution >= 4 is 11.8 Å². The molecule has 2 aromatic rings. The van der Waals surface area contributed by atoms with Gasteiger partial charge in [-0.3, -0.25) is 14.5 Å². The van der Waals surface area contributed by atoms with Gasteiger partial charge in [0.15, 0.2) is 6.61 Å². The predicted octanol–water partition coefficient (Wildman–Crippen LogP) is 2.39. The molecule has 29 heavy (non-hydrogen) atoms. The fourth-order valence-electron chi connectivity index (χ4n) is 3.44. The van der Waals surface area contributed by atoms with Crippen molar-refractivity contribution in [3.8, 4) is 5.75 Å². The van der Waals surface area contributed by atoms with Crippen LogP contribution in [0.3, 0.4) is 0 Å². The molecular weight excluding hydrogens is 373 g/mol. The van der Waals surface area contributed by atoms with E-state index in [1.165, 1.54) is 0 Å². The molecule has 1 aliphatic heterocycles. The number of nitrogens with zero attached hydrogens (tertiary/aromatic N) is 1. The van der Waals surface area contributed by atoms with Crippen LogP contribution in [0.4, 0.5) is 4.39 Å². The lowest BCUT2D eigenvalue weighted by Gasteiger charge is -2.33. The van der Waals surface area contributed by atoms with Crippen LogP contribution < -0.4 is 15.8 Å². The Labute approximate surface area is 169 Å². The molecule has 0 saturated carbocycles. The molecule has 1 atom stereocenters. The fourth-order valence-corrected chi connectivity index (χ4v) is 3.44. The molecule has 7 heteroatoms. The van der Waals surface area contributed by atoms with Gasteiger partial charge < -0.3 is 15.8 Å². The number of hydrogen-bond acceptors (Lipinski definition) is 4. The number of likely N-dealkylation sites (tertiary alicyclic amines) is 1. The van der Waals surface area contributed by atoms with Crippen molar-refractivity contribution in [1.29, 1.82) is 0 Å². The van der Waals surface area contributed by atoms with Crippen LogP contribution in [0.2, 0.25) is 0 Å². The summed E-state index contributed by atoms with van der Waals surface area (Å²) in [6.07, 6.45) is 1.87. The maximum atomic E-state index is 13.8. The molecule has 0 bridgehead atoms. The van der Waals surface area contributed by atoms with E-state index in [2.05, 4.69) is 10.2 Å². The van der Waals surface area contributed by atoms with Crippen molar-refractivity contribution in [3.05, 3.63) is 65.0 Å². The van der Waals surface area contributed by atoms with Crippen LogP contribution in [-0.2, 0) is 11.3 Å². The number of nitrogens with two attached hydrogens (primary N) is 1. The molecule has 154 valence electrons. The van der Waals surface area contributed by atoms with Gasteiger partial charge in [0.2, 0.25) is 5.91 Å². The van der Waals surface area contributed by atoms with E-state index in [9.17, 15) is 14.0 Å². The van der Waals surface area contributed by atoms with Gasteiger partial charge in [0, 0.05) is 24.7 Å². The Morgan fingerprint density at radius 2 is 2.00 bits per heavy atom. The van der Waals surface area contributed by atoms with Crippen LogP contribution in [0, 0.1) is 12.7 Å². The average molecular weight is 399 g/mol. The largest absolute Gasteiger partial charge is 0.484 e. The second-order valence-corrected chi connectivity index (χ2v) is 7.40. The number of ether oxygens (including phenoxy) is 1. The molecule has 1 fully saturated rings. The van der Waals surface area contributed by atoms with Gasteiger partial charge in [-0.25, -0.2) is 4.39 Å². The van der Waals surface area contributed by atoms with Gasteiger partial charge in [0.1, 0.15) is 11.6 Å². The first-order valence-corrected chi connectivity index (χ1v) is 9.70. The Morgan fingerprint density at radius 3 is 2.69 bits per heavy atom. The molecule has 6 nitrogen and oxygen atoms in total. The number of halogens is 1. The van der Waals surface area contributed by atoms with E-state index in [0.29, 0.717) is 30.0 Å². The monoisotopic (exact) mass is 399 g/mol. The third-order valence-corrected chi connectivity index (χ3v) is 5.02. The Hall–Kier alpha value is -2.93. The maximum absolute atomic E-state index is 13.8. The summed E-state index contributed by atoms with van der Waals surface area (Å²) >= 11 is 0. The number of primary amides is 1. The van der Waals surface area contributed by atoms with E-state index in [0.717, 1.165) is 24.9 Å². The van der Waals surface area contributed by atoms with E-state index < -0.39 is 5.91 Å². The van der Waals surface area contributed by atoms with Crippen molar-refractivity contribution in [2.45, 2.75) is 32.4 Å². The van der Waals surface area contributed by atoms with E-state index in [1.54, 1.807) is 43.3 Å². The van der Waals surface area contributed by atoms with Crippen molar-refractivity contribution in [2.24, 2.45) is 5.73 Å². The maximum Gasteiger partial charge on any atom is 0.258 e. The van der Waals surface area contributed by atoms with Crippen LogP contribution in [0.1, 0.15) is 34.3 Å². The number of carbonyl (C=O) groups is 2. The van der Waals surface area contributed by atoms with E-state index >= 15 is 0 Å². The molecule has 3 N–H and O–H groups in total. The molecule has 3 rings (SSSR count). The number of benzene rings is 2. The first-order valence-electron chi connectivity index (χ1n) is 9.70. The van der Waals surface area contributed by atoms with Crippen LogP contribution in [-0.4, -0.2) is 42.5 Å². The summed E-state index contributed by atoms with van der Waals surface area (Å²) in [5.74, 6) is -0.399. The smallest absolute Gasteiger partial charge is 0.258 e. The average Bonchev–Trinajstić information content (AvgIpc) is 2.70. The normalized spacial score (nSPS) is 17.0. The zero-order valence-electron chi connectivity index (χ0n) is 16.5. The zero-order chi connectivity index (χ0) is 20.8. The quantitative estimate of drug-likeness (QED) is 0.749. The minimum absolute atomic E-state index is 0.0346. The summed E-state index contributed by atoms with van der Waals surface area (Å²) in [5, 5.41) is 3.00. The topological polar surface area (TPSA) is 84.7 Å². The first-order chi connectivity index (χ1) is 13.9. The summed E-state index contributed by atoms with van der Waals surface area (Å²) in [7, 11) is 0. The van der Waals surface area contributed by atoms with Crippen molar-refractivity contribution in [2.75, 3.05) is 19.7 Å². The fraction of sp³-hybridized carbons (Fsp3) is 0.364. The molecule has 2 amide bonds. The van der Waals surface area contributed by atoms with Crippen LogP contribution >= 0.6 is 0 Å². The van der Waals surface area contributed by atoms with Crippen molar-refractivity contribution in [3.63, 3.8) is 0 Å². The lowest BCUT2D eigenvalue weighted by atomic mass is 10.0. The highest BCUT2D eigenvalue weighted by Crippen LogP contribution is 2.16. The predicted molar refractivity (Wildman–Crippen MR) is 108 cm³/mol. The second-order valence-electron chi connectivity index (χ2n) is 7.40. The van der Waals surface area contributed by atoms with Crippen LogP contribution in [0.5, 0.6) is 5.75 Å². The molecule has 2 aromatic carbocycles. The lowest BCUT2D eigenvalue weighted by Crippen LogP contribution is -2.48.